The molecule has 1 fully saturated rings. The van der Waals surface area contributed by atoms with Crippen molar-refractivity contribution in [2.45, 2.75) is 30.2 Å². The quantitative estimate of drug-likeness (QED) is 0.824. The molecule has 0 radical (unpaired) electrons. The summed E-state index contributed by atoms with van der Waals surface area (Å²) in [6.45, 7) is 2.15. The van der Waals surface area contributed by atoms with Gasteiger partial charge < -0.3 is 11.1 Å². The zero-order valence-electron chi connectivity index (χ0n) is 11.8. The van der Waals surface area contributed by atoms with Crippen LogP contribution in [0, 0.1) is 5.92 Å². The second-order valence-corrected chi connectivity index (χ2v) is 8.08. The molecule has 1 aromatic rings. The Labute approximate surface area is 129 Å². The molecular formula is C14H19ClN2O3S. The third-order valence-electron chi connectivity index (χ3n) is 3.82. The topological polar surface area (TPSA) is 89.3 Å². The molecule has 3 N–H and O–H groups in total. The Morgan fingerprint density at radius 1 is 1.38 bits per heavy atom. The van der Waals surface area contributed by atoms with E-state index in [2.05, 4.69) is 5.32 Å². The van der Waals surface area contributed by atoms with Crippen molar-refractivity contribution >= 4 is 27.3 Å². The van der Waals surface area contributed by atoms with E-state index in [1.54, 1.807) is 0 Å². The third kappa shape index (κ3) is 3.96. The molecular weight excluding hydrogens is 312 g/mol. The third-order valence-corrected chi connectivity index (χ3v) is 5.71. The van der Waals surface area contributed by atoms with Crippen LogP contribution in [0.2, 0.25) is 5.02 Å². The van der Waals surface area contributed by atoms with Gasteiger partial charge in [0.2, 0.25) is 5.91 Å². The smallest absolute Gasteiger partial charge is 0.236 e. The lowest BCUT2D eigenvalue weighted by molar-refractivity contribution is -0.120. The van der Waals surface area contributed by atoms with Gasteiger partial charge in [-0.05, 0) is 49.9 Å². The summed E-state index contributed by atoms with van der Waals surface area (Å²) < 4.78 is 24.4. The number of halogens is 1. The highest BCUT2D eigenvalue weighted by molar-refractivity contribution is 7.92. The van der Waals surface area contributed by atoms with Crippen LogP contribution in [0.5, 0.6) is 0 Å². The molecule has 1 unspecified atom stereocenters. The number of hydrogen-bond acceptors (Lipinski definition) is 4. The monoisotopic (exact) mass is 330 g/mol. The molecule has 0 aliphatic heterocycles. The lowest BCUT2D eigenvalue weighted by atomic mass is 9.96. The molecule has 0 bridgehead atoms. The first-order valence-corrected chi connectivity index (χ1v) is 8.79. The molecule has 21 heavy (non-hydrogen) atoms. The fourth-order valence-electron chi connectivity index (χ4n) is 2.29. The summed E-state index contributed by atoms with van der Waals surface area (Å²) in [5.74, 6) is -0.772. The first-order valence-electron chi connectivity index (χ1n) is 6.76. The number of hydrogen-bond donors (Lipinski definition) is 2. The molecule has 1 atom stereocenters. The lowest BCUT2D eigenvalue weighted by Crippen LogP contribution is -2.54. The Balaban J connectivity index is 2.06. The highest BCUT2D eigenvalue weighted by Gasteiger charge is 2.41. The van der Waals surface area contributed by atoms with E-state index in [0.717, 1.165) is 12.8 Å². The zero-order chi connectivity index (χ0) is 15.7. The van der Waals surface area contributed by atoms with Crippen molar-refractivity contribution in [3.63, 3.8) is 0 Å². The number of nitrogens with one attached hydrogen (secondary N) is 1. The molecule has 7 heteroatoms. The maximum Gasteiger partial charge on any atom is 0.236 e. The number of sulfone groups is 1. The van der Waals surface area contributed by atoms with Crippen LogP contribution >= 0.6 is 11.6 Å². The number of benzene rings is 1. The summed E-state index contributed by atoms with van der Waals surface area (Å²) in [5, 5.41) is 3.22. The van der Waals surface area contributed by atoms with Gasteiger partial charge in [-0.3, -0.25) is 4.79 Å². The van der Waals surface area contributed by atoms with E-state index < -0.39 is 27.0 Å². The van der Waals surface area contributed by atoms with Crippen molar-refractivity contribution < 1.29 is 13.2 Å². The fraction of sp³-hybridized carbons (Fsp3) is 0.500. The van der Waals surface area contributed by atoms with Crippen LogP contribution in [-0.2, 0) is 14.6 Å². The summed E-state index contributed by atoms with van der Waals surface area (Å²) >= 11 is 5.73. The molecule has 1 aliphatic carbocycles. The first-order chi connectivity index (χ1) is 9.77. The van der Waals surface area contributed by atoms with Crippen LogP contribution < -0.4 is 11.1 Å². The van der Waals surface area contributed by atoms with E-state index in [4.69, 9.17) is 17.3 Å². The molecule has 0 aromatic heterocycles. The van der Waals surface area contributed by atoms with Crippen molar-refractivity contribution in [2.24, 2.45) is 11.7 Å². The second kappa shape index (κ2) is 5.94. The van der Waals surface area contributed by atoms with Crippen LogP contribution in [0.1, 0.15) is 19.8 Å². The van der Waals surface area contributed by atoms with E-state index >= 15 is 0 Å². The predicted octanol–water partition coefficient (Wildman–Crippen LogP) is 1.36. The molecule has 1 aliphatic rings. The summed E-state index contributed by atoms with van der Waals surface area (Å²) in [6.07, 6.45) is 2.02. The highest BCUT2D eigenvalue weighted by atomic mass is 35.5. The molecule has 5 nitrogen and oxygen atoms in total. The highest BCUT2D eigenvalue weighted by Crippen LogP contribution is 2.38. The molecule has 1 saturated carbocycles. The maximum absolute atomic E-state index is 12.2. The number of amides is 1. The molecule has 0 heterocycles. The largest absolute Gasteiger partial charge is 0.349 e. The van der Waals surface area contributed by atoms with Gasteiger partial charge in [0.25, 0.3) is 0 Å². The van der Waals surface area contributed by atoms with Crippen LogP contribution in [0.4, 0.5) is 0 Å². The van der Waals surface area contributed by atoms with Crippen molar-refractivity contribution in [1.29, 1.82) is 0 Å². The van der Waals surface area contributed by atoms with Gasteiger partial charge in [0.15, 0.2) is 9.84 Å². The SMILES string of the molecule is CC(CN)(NC(=O)CS(=O)(=O)c1ccc(Cl)cc1)C1CC1. The van der Waals surface area contributed by atoms with E-state index in [1.807, 2.05) is 6.92 Å². The summed E-state index contributed by atoms with van der Waals surface area (Å²) in [7, 11) is -3.67. The van der Waals surface area contributed by atoms with E-state index in [9.17, 15) is 13.2 Å². The average molecular weight is 331 g/mol. The standard InChI is InChI=1S/C14H19ClN2O3S/c1-14(9-16,10-2-3-10)17-13(18)8-21(19,20)12-6-4-11(15)5-7-12/h4-7,10H,2-3,8-9,16H2,1H3,(H,17,18). The van der Waals surface area contributed by atoms with Gasteiger partial charge in [0, 0.05) is 11.6 Å². The first kappa shape index (κ1) is 16.3. The number of nitrogens with two attached hydrogens (primary N) is 1. The average Bonchev–Trinajstić information content (AvgIpc) is 3.22. The van der Waals surface area contributed by atoms with Crippen molar-refractivity contribution in [3.05, 3.63) is 29.3 Å². The normalized spacial score (nSPS) is 18.0. The van der Waals surface area contributed by atoms with Crippen molar-refractivity contribution in [2.75, 3.05) is 12.3 Å². The van der Waals surface area contributed by atoms with Gasteiger partial charge in [-0.2, -0.15) is 0 Å². The maximum atomic E-state index is 12.2. The van der Waals surface area contributed by atoms with E-state index in [0.29, 0.717) is 17.5 Å². The Bertz CT molecular complexity index is 626. The second-order valence-electron chi connectivity index (χ2n) is 5.66. The van der Waals surface area contributed by atoms with Gasteiger partial charge >= 0.3 is 0 Å². The summed E-state index contributed by atoms with van der Waals surface area (Å²) in [4.78, 5) is 12.1. The minimum atomic E-state index is -3.67. The molecule has 2 rings (SSSR count). The van der Waals surface area contributed by atoms with Crippen LogP contribution in [-0.4, -0.2) is 32.2 Å². The summed E-state index contributed by atoms with van der Waals surface area (Å²) in [5.41, 5.74) is 5.19. The number of rotatable bonds is 6. The van der Waals surface area contributed by atoms with E-state index in [1.165, 1.54) is 24.3 Å². The molecule has 1 amide bonds. The lowest BCUT2D eigenvalue weighted by Gasteiger charge is -2.29. The Hall–Kier alpha value is -1.11. The van der Waals surface area contributed by atoms with Crippen LogP contribution in [0.15, 0.2) is 29.2 Å². The minimum Gasteiger partial charge on any atom is -0.349 e. The Morgan fingerprint density at radius 3 is 2.43 bits per heavy atom. The number of carbonyl (C=O) groups excluding carboxylic acids is 1. The van der Waals surface area contributed by atoms with Gasteiger partial charge in [0.05, 0.1) is 10.4 Å². The molecule has 0 saturated heterocycles. The molecule has 116 valence electrons. The van der Waals surface area contributed by atoms with Crippen molar-refractivity contribution in [3.8, 4) is 0 Å². The molecule has 0 spiro atoms. The van der Waals surface area contributed by atoms with Gasteiger partial charge in [0.1, 0.15) is 5.75 Å². The Kier molecular flexibility index (Phi) is 4.60. The molecule has 1 aromatic carbocycles. The van der Waals surface area contributed by atoms with Crippen molar-refractivity contribution in [1.82, 2.24) is 5.32 Å². The van der Waals surface area contributed by atoms with Gasteiger partial charge in [-0.25, -0.2) is 8.42 Å². The van der Waals surface area contributed by atoms with Gasteiger partial charge in [-0.1, -0.05) is 11.6 Å². The predicted molar refractivity (Wildman–Crippen MR) is 81.8 cm³/mol. The van der Waals surface area contributed by atoms with E-state index in [-0.39, 0.29) is 4.90 Å². The van der Waals surface area contributed by atoms with Crippen LogP contribution in [0.3, 0.4) is 0 Å². The number of carbonyl (C=O) groups is 1. The Morgan fingerprint density at radius 2 is 1.95 bits per heavy atom. The fourth-order valence-corrected chi connectivity index (χ4v) is 3.55. The van der Waals surface area contributed by atoms with Gasteiger partial charge in [-0.15, -0.1) is 0 Å². The summed E-state index contributed by atoms with van der Waals surface area (Å²) in [6, 6.07) is 5.77. The zero-order valence-corrected chi connectivity index (χ0v) is 13.4. The van der Waals surface area contributed by atoms with Crippen LogP contribution in [0.25, 0.3) is 0 Å². The minimum absolute atomic E-state index is 0.0860.